The third-order valence-electron chi connectivity index (χ3n) is 5.95. The first-order valence-corrected chi connectivity index (χ1v) is 11.1. The highest BCUT2D eigenvalue weighted by Crippen LogP contribution is 2.39. The normalized spacial score (nSPS) is 12.5. The van der Waals surface area contributed by atoms with E-state index in [1.165, 1.54) is 12.1 Å². The molecule has 0 saturated heterocycles. The molecule has 35 heavy (non-hydrogen) atoms. The zero-order valence-electron chi connectivity index (χ0n) is 19.1. The molecular weight excluding hydrogens is 457 g/mol. The van der Waals surface area contributed by atoms with Crippen LogP contribution in [-0.2, 0) is 11.0 Å². The van der Waals surface area contributed by atoms with E-state index in [9.17, 15) is 18.0 Å². The molecule has 1 aromatic heterocycles. The maximum absolute atomic E-state index is 13.5. The topological polar surface area (TPSA) is 76.2 Å². The van der Waals surface area contributed by atoms with Crippen molar-refractivity contribution in [2.24, 2.45) is 0 Å². The number of carbonyl (C=O) groups is 1. The number of carboxylic acids is 1. The first-order valence-electron chi connectivity index (χ1n) is 11.1. The van der Waals surface area contributed by atoms with E-state index in [1.807, 2.05) is 31.2 Å². The Morgan fingerprint density at radius 2 is 1.69 bits per heavy atom. The van der Waals surface area contributed by atoms with Crippen molar-refractivity contribution in [3.63, 3.8) is 0 Å². The molecule has 0 bridgehead atoms. The maximum atomic E-state index is 13.5. The molecule has 0 aliphatic carbocycles. The fourth-order valence-corrected chi connectivity index (χ4v) is 3.99. The third kappa shape index (κ3) is 5.42. The minimum Gasteiger partial charge on any atom is -0.481 e. The van der Waals surface area contributed by atoms with Gasteiger partial charge in [-0.3, -0.25) is 4.79 Å². The average molecular weight is 480 g/mol. The van der Waals surface area contributed by atoms with Gasteiger partial charge in [-0.05, 0) is 59.7 Å². The summed E-state index contributed by atoms with van der Waals surface area (Å²) in [5.41, 5.74) is 2.93. The molecule has 1 N–H and O–H groups in total. The number of hydrogen-bond acceptors (Lipinski definition) is 4. The minimum atomic E-state index is -4.45. The van der Waals surface area contributed by atoms with Gasteiger partial charge >= 0.3 is 12.1 Å². The van der Waals surface area contributed by atoms with Gasteiger partial charge in [0.2, 0.25) is 5.82 Å². The van der Waals surface area contributed by atoms with Crippen molar-refractivity contribution in [2.75, 3.05) is 0 Å². The number of nitrogens with zero attached hydrogens (tertiary/aromatic N) is 2. The number of carboxylic acid groups (broad SMARTS) is 1. The predicted molar refractivity (Wildman–Crippen MR) is 126 cm³/mol. The molecular formula is C27H23F3N2O3. The van der Waals surface area contributed by atoms with E-state index < -0.39 is 17.7 Å². The molecule has 180 valence electrons. The molecule has 0 aliphatic rings. The Hall–Kier alpha value is -3.94. The second-order valence-corrected chi connectivity index (χ2v) is 8.45. The highest BCUT2D eigenvalue weighted by molar-refractivity contribution is 5.74. The standard InChI is InChI=1S/C27H23F3N2O3/c1-16(7-14-24(33)34)18-8-10-19(11-9-18)25-31-26(35-32-25)20-12-13-21(17(2)15-20)22-5-3-4-6-23(22)27(28,29)30/h3-6,8-13,15-16H,7,14H2,1-2H3,(H,33,34). The van der Waals surface area contributed by atoms with E-state index in [2.05, 4.69) is 10.1 Å². The van der Waals surface area contributed by atoms with Gasteiger partial charge in [0.15, 0.2) is 0 Å². The number of aliphatic carboxylic acids is 1. The van der Waals surface area contributed by atoms with Gasteiger partial charge in [-0.1, -0.05) is 60.6 Å². The molecule has 1 atom stereocenters. The van der Waals surface area contributed by atoms with Crippen LogP contribution < -0.4 is 0 Å². The molecule has 1 heterocycles. The number of aryl methyl sites for hydroxylation is 1. The van der Waals surface area contributed by atoms with Crippen molar-refractivity contribution in [1.29, 1.82) is 0 Å². The second-order valence-electron chi connectivity index (χ2n) is 8.45. The molecule has 8 heteroatoms. The van der Waals surface area contributed by atoms with Crippen molar-refractivity contribution in [2.45, 2.75) is 38.8 Å². The number of alkyl halides is 3. The van der Waals surface area contributed by atoms with Gasteiger partial charge in [-0.25, -0.2) is 0 Å². The van der Waals surface area contributed by atoms with E-state index in [0.29, 0.717) is 28.9 Å². The first-order chi connectivity index (χ1) is 16.6. The van der Waals surface area contributed by atoms with Gasteiger partial charge < -0.3 is 9.63 Å². The summed E-state index contributed by atoms with van der Waals surface area (Å²) in [5.74, 6) is -0.0721. The summed E-state index contributed by atoms with van der Waals surface area (Å²) in [6.07, 6.45) is -3.80. The summed E-state index contributed by atoms with van der Waals surface area (Å²) in [6.45, 7) is 3.72. The molecule has 3 aromatic carbocycles. The summed E-state index contributed by atoms with van der Waals surface area (Å²) in [7, 11) is 0. The van der Waals surface area contributed by atoms with Crippen molar-refractivity contribution in [3.8, 4) is 34.0 Å². The van der Waals surface area contributed by atoms with E-state index in [4.69, 9.17) is 9.63 Å². The minimum absolute atomic E-state index is 0.102. The van der Waals surface area contributed by atoms with Crippen LogP contribution in [0.2, 0.25) is 0 Å². The van der Waals surface area contributed by atoms with Crippen LogP contribution in [0.3, 0.4) is 0 Å². The molecule has 4 aromatic rings. The molecule has 1 unspecified atom stereocenters. The Morgan fingerprint density at radius 1 is 1.00 bits per heavy atom. The molecule has 5 nitrogen and oxygen atoms in total. The van der Waals surface area contributed by atoms with Crippen LogP contribution in [0.1, 0.15) is 42.4 Å². The zero-order valence-corrected chi connectivity index (χ0v) is 19.1. The fraction of sp³-hybridized carbons (Fsp3) is 0.222. The Bertz CT molecular complexity index is 1340. The lowest BCUT2D eigenvalue weighted by Crippen LogP contribution is -2.07. The number of rotatable bonds is 7. The van der Waals surface area contributed by atoms with E-state index in [1.54, 1.807) is 31.2 Å². The number of aromatic nitrogens is 2. The Labute approximate surface area is 200 Å². The van der Waals surface area contributed by atoms with E-state index in [0.717, 1.165) is 17.2 Å². The van der Waals surface area contributed by atoms with Crippen molar-refractivity contribution in [1.82, 2.24) is 10.1 Å². The van der Waals surface area contributed by atoms with E-state index >= 15 is 0 Å². The lowest BCUT2D eigenvalue weighted by Gasteiger charge is -2.14. The second kappa shape index (κ2) is 9.74. The molecule has 0 aliphatic heterocycles. The van der Waals surface area contributed by atoms with Crippen molar-refractivity contribution >= 4 is 5.97 Å². The van der Waals surface area contributed by atoms with Crippen LogP contribution in [0.4, 0.5) is 13.2 Å². The van der Waals surface area contributed by atoms with Crippen LogP contribution in [0, 0.1) is 6.92 Å². The maximum Gasteiger partial charge on any atom is 0.417 e. The largest absolute Gasteiger partial charge is 0.481 e. The Balaban J connectivity index is 1.56. The summed E-state index contributed by atoms with van der Waals surface area (Å²) >= 11 is 0. The monoisotopic (exact) mass is 480 g/mol. The van der Waals surface area contributed by atoms with Gasteiger partial charge in [0.25, 0.3) is 5.89 Å². The van der Waals surface area contributed by atoms with Crippen molar-refractivity contribution < 1.29 is 27.6 Å². The smallest absolute Gasteiger partial charge is 0.417 e. The van der Waals surface area contributed by atoms with E-state index in [-0.39, 0.29) is 23.8 Å². The molecule has 0 saturated carbocycles. The highest BCUT2D eigenvalue weighted by Gasteiger charge is 2.33. The molecule has 4 rings (SSSR count). The molecule has 0 amide bonds. The quantitative estimate of drug-likeness (QED) is 0.299. The van der Waals surface area contributed by atoms with Gasteiger partial charge in [-0.2, -0.15) is 18.2 Å². The van der Waals surface area contributed by atoms with Crippen LogP contribution in [0.15, 0.2) is 71.3 Å². The van der Waals surface area contributed by atoms with Crippen molar-refractivity contribution in [3.05, 3.63) is 83.4 Å². The van der Waals surface area contributed by atoms with Gasteiger partial charge in [0.1, 0.15) is 0 Å². The highest BCUT2D eigenvalue weighted by atomic mass is 19.4. The summed E-state index contributed by atoms with van der Waals surface area (Å²) in [6, 6.07) is 18.0. The lowest BCUT2D eigenvalue weighted by atomic mass is 9.94. The summed E-state index contributed by atoms with van der Waals surface area (Å²) in [4.78, 5) is 15.2. The number of hydrogen-bond donors (Lipinski definition) is 1. The summed E-state index contributed by atoms with van der Waals surface area (Å²) < 4.78 is 45.8. The SMILES string of the molecule is Cc1cc(-c2nc(-c3ccc(C(C)CCC(=O)O)cc3)no2)ccc1-c1ccccc1C(F)(F)F. The van der Waals surface area contributed by atoms with Crippen LogP contribution >= 0.6 is 0 Å². The predicted octanol–water partition coefficient (Wildman–Crippen LogP) is 7.37. The fourth-order valence-electron chi connectivity index (χ4n) is 3.99. The van der Waals surface area contributed by atoms with Crippen LogP contribution in [0.5, 0.6) is 0 Å². The van der Waals surface area contributed by atoms with Gasteiger partial charge in [0, 0.05) is 17.5 Å². The van der Waals surface area contributed by atoms with Crippen LogP contribution in [-0.4, -0.2) is 21.2 Å². The average Bonchev–Trinajstić information content (AvgIpc) is 3.32. The number of benzene rings is 3. The first kappa shape index (κ1) is 24.2. The van der Waals surface area contributed by atoms with Gasteiger partial charge in [0.05, 0.1) is 5.56 Å². The molecule has 0 spiro atoms. The van der Waals surface area contributed by atoms with Crippen LogP contribution in [0.25, 0.3) is 34.0 Å². The summed E-state index contributed by atoms with van der Waals surface area (Å²) in [5, 5.41) is 12.9. The van der Waals surface area contributed by atoms with Gasteiger partial charge in [-0.15, -0.1) is 0 Å². The number of halogens is 3. The Morgan fingerprint density at radius 3 is 2.34 bits per heavy atom. The molecule has 0 fully saturated rings. The lowest BCUT2D eigenvalue weighted by molar-refractivity contribution is -0.138. The Kier molecular flexibility index (Phi) is 6.73. The molecule has 0 radical (unpaired) electrons. The zero-order chi connectivity index (χ0) is 25.2. The third-order valence-corrected chi connectivity index (χ3v) is 5.95.